The Morgan fingerprint density at radius 2 is 2.18 bits per heavy atom. The van der Waals surface area contributed by atoms with Crippen molar-refractivity contribution in [2.24, 2.45) is 5.92 Å². The highest BCUT2D eigenvalue weighted by Gasteiger charge is 2.27. The van der Waals surface area contributed by atoms with Crippen molar-refractivity contribution in [1.82, 2.24) is 20.0 Å². The van der Waals surface area contributed by atoms with Crippen molar-refractivity contribution in [1.29, 1.82) is 0 Å². The van der Waals surface area contributed by atoms with Gasteiger partial charge in [0.25, 0.3) is 0 Å². The number of benzene rings is 1. The number of likely N-dealkylation sites (tertiary alicyclic amines) is 1. The van der Waals surface area contributed by atoms with Crippen LogP contribution >= 0.6 is 11.6 Å². The van der Waals surface area contributed by atoms with E-state index >= 15 is 0 Å². The van der Waals surface area contributed by atoms with Gasteiger partial charge in [0.2, 0.25) is 17.6 Å². The molecule has 2 aromatic heterocycles. The molecular formula is C20H20ClN5O2. The van der Waals surface area contributed by atoms with E-state index in [2.05, 4.69) is 25.3 Å². The van der Waals surface area contributed by atoms with Crippen molar-refractivity contribution >= 4 is 23.2 Å². The number of nitrogens with zero attached hydrogens (tertiary/aromatic N) is 4. The van der Waals surface area contributed by atoms with Gasteiger partial charge in [0.05, 0.1) is 29.4 Å². The summed E-state index contributed by atoms with van der Waals surface area (Å²) in [5, 5.41) is 7.56. The van der Waals surface area contributed by atoms with Crippen LogP contribution in [0.2, 0.25) is 5.02 Å². The molecule has 8 heteroatoms. The lowest BCUT2D eigenvalue weighted by atomic mass is 9.97. The van der Waals surface area contributed by atoms with Gasteiger partial charge in [-0.15, -0.1) is 0 Å². The maximum Gasteiger partial charge on any atom is 0.241 e. The standard InChI is InChI=1S/C20H20ClN5O2/c21-17-8-2-1-7-16(17)19-24-18(28-25-19)13-26-10-4-5-14(12-26)20(27)23-15-6-3-9-22-11-15/h1-3,6-9,11,14H,4-5,10,12-13H2,(H,23,27). The Hall–Kier alpha value is -2.77. The van der Waals surface area contributed by atoms with Crippen LogP contribution in [0.4, 0.5) is 5.69 Å². The largest absolute Gasteiger partial charge is 0.338 e. The van der Waals surface area contributed by atoms with Gasteiger partial charge in [0.15, 0.2) is 0 Å². The summed E-state index contributed by atoms with van der Waals surface area (Å²) in [4.78, 5) is 23.2. The summed E-state index contributed by atoms with van der Waals surface area (Å²) in [6.07, 6.45) is 5.13. The maximum absolute atomic E-state index is 12.6. The monoisotopic (exact) mass is 397 g/mol. The Labute approximate surface area is 167 Å². The number of hydrogen-bond acceptors (Lipinski definition) is 6. The molecule has 1 aliphatic heterocycles. The van der Waals surface area contributed by atoms with E-state index in [-0.39, 0.29) is 11.8 Å². The summed E-state index contributed by atoms with van der Waals surface area (Å²) in [7, 11) is 0. The summed E-state index contributed by atoms with van der Waals surface area (Å²) < 4.78 is 5.40. The van der Waals surface area contributed by atoms with Crippen LogP contribution in [-0.2, 0) is 11.3 Å². The number of amides is 1. The highest BCUT2D eigenvalue weighted by atomic mass is 35.5. The van der Waals surface area contributed by atoms with Gasteiger partial charge in [0.1, 0.15) is 0 Å². The van der Waals surface area contributed by atoms with Gasteiger partial charge >= 0.3 is 0 Å². The topological polar surface area (TPSA) is 84.2 Å². The highest BCUT2D eigenvalue weighted by Crippen LogP contribution is 2.26. The molecule has 0 radical (unpaired) electrons. The van der Waals surface area contributed by atoms with Crippen LogP contribution in [0.5, 0.6) is 0 Å². The van der Waals surface area contributed by atoms with Crippen molar-refractivity contribution in [2.75, 3.05) is 18.4 Å². The molecule has 1 amide bonds. The Morgan fingerprint density at radius 3 is 3.00 bits per heavy atom. The fraction of sp³-hybridized carbons (Fsp3) is 0.300. The smallest absolute Gasteiger partial charge is 0.241 e. The molecule has 1 saturated heterocycles. The van der Waals surface area contributed by atoms with Gasteiger partial charge in [-0.2, -0.15) is 4.98 Å². The van der Waals surface area contributed by atoms with E-state index in [9.17, 15) is 4.79 Å². The lowest BCUT2D eigenvalue weighted by Crippen LogP contribution is -2.40. The first kappa shape index (κ1) is 18.6. The first-order valence-corrected chi connectivity index (χ1v) is 9.57. The molecular weight excluding hydrogens is 378 g/mol. The van der Waals surface area contributed by atoms with Gasteiger partial charge < -0.3 is 9.84 Å². The second-order valence-corrected chi connectivity index (χ2v) is 7.20. The van der Waals surface area contributed by atoms with E-state index in [1.165, 1.54) is 0 Å². The molecule has 0 spiro atoms. The Balaban J connectivity index is 1.38. The minimum atomic E-state index is -0.0834. The lowest BCUT2D eigenvalue weighted by Gasteiger charge is -2.30. The zero-order valence-electron chi connectivity index (χ0n) is 15.2. The van der Waals surface area contributed by atoms with Gasteiger partial charge in [-0.25, -0.2) is 0 Å². The number of nitrogens with one attached hydrogen (secondary N) is 1. The van der Waals surface area contributed by atoms with Crippen molar-refractivity contribution in [3.05, 3.63) is 59.7 Å². The van der Waals surface area contributed by atoms with Crippen LogP contribution < -0.4 is 5.32 Å². The number of carbonyl (C=O) groups excluding carboxylic acids is 1. The first-order valence-electron chi connectivity index (χ1n) is 9.20. The molecule has 1 aliphatic rings. The predicted octanol–water partition coefficient (Wildman–Crippen LogP) is 3.64. The van der Waals surface area contributed by atoms with E-state index in [0.29, 0.717) is 35.5 Å². The third-order valence-corrected chi connectivity index (χ3v) is 5.08. The average molecular weight is 398 g/mol. The molecule has 0 bridgehead atoms. The summed E-state index contributed by atoms with van der Waals surface area (Å²) >= 11 is 6.20. The van der Waals surface area contributed by atoms with E-state index in [4.69, 9.17) is 16.1 Å². The van der Waals surface area contributed by atoms with Crippen molar-refractivity contribution in [2.45, 2.75) is 19.4 Å². The zero-order chi connectivity index (χ0) is 19.3. The van der Waals surface area contributed by atoms with Crippen molar-refractivity contribution in [3.8, 4) is 11.4 Å². The summed E-state index contributed by atoms with van der Waals surface area (Å²) in [5.74, 6) is 0.923. The van der Waals surface area contributed by atoms with Crippen LogP contribution in [0, 0.1) is 5.92 Å². The lowest BCUT2D eigenvalue weighted by molar-refractivity contribution is -0.121. The van der Waals surface area contributed by atoms with E-state index in [1.807, 2.05) is 24.3 Å². The van der Waals surface area contributed by atoms with Crippen LogP contribution in [-0.4, -0.2) is 39.0 Å². The van der Waals surface area contributed by atoms with E-state index in [0.717, 1.165) is 24.9 Å². The summed E-state index contributed by atoms with van der Waals surface area (Å²) in [5.41, 5.74) is 1.46. The Kier molecular flexibility index (Phi) is 5.64. The number of halogens is 1. The summed E-state index contributed by atoms with van der Waals surface area (Å²) in [6, 6.07) is 11.0. The molecule has 1 unspecified atom stereocenters. The SMILES string of the molecule is O=C(Nc1cccnc1)C1CCCN(Cc2nc(-c3ccccc3Cl)no2)C1. The van der Waals surface area contributed by atoms with E-state index in [1.54, 1.807) is 24.5 Å². The third kappa shape index (κ3) is 4.37. The van der Waals surface area contributed by atoms with Gasteiger partial charge in [0, 0.05) is 18.3 Å². The number of carbonyl (C=O) groups is 1. The number of anilines is 1. The van der Waals surface area contributed by atoms with Crippen molar-refractivity contribution in [3.63, 3.8) is 0 Å². The Morgan fingerprint density at radius 1 is 1.29 bits per heavy atom. The zero-order valence-corrected chi connectivity index (χ0v) is 16.0. The number of hydrogen-bond donors (Lipinski definition) is 1. The Bertz CT molecular complexity index is 947. The normalized spacial score (nSPS) is 17.4. The molecule has 1 atom stereocenters. The van der Waals surface area contributed by atoms with Gasteiger partial charge in [-0.05, 0) is 43.7 Å². The first-order chi connectivity index (χ1) is 13.7. The number of aromatic nitrogens is 3. The minimum absolute atomic E-state index is 0.0139. The number of piperidine rings is 1. The third-order valence-electron chi connectivity index (χ3n) is 4.75. The number of pyridine rings is 1. The molecule has 0 saturated carbocycles. The summed E-state index contributed by atoms with van der Waals surface area (Å²) in [6.45, 7) is 2.05. The number of rotatable bonds is 5. The average Bonchev–Trinajstić information content (AvgIpc) is 3.17. The van der Waals surface area contributed by atoms with Crippen molar-refractivity contribution < 1.29 is 9.32 Å². The quantitative estimate of drug-likeness (QED) is 0.707. The van der Waals surface area contributed by atoms with Crippen LogP contribution in [0.25, 0.3) is 11.4 Å². The molecule has 3 aromatic rings. The fourth-order valence-corrected chi connectivity index (χ4v) is 3.58. The van der Waals surface area contributed by atoms with Gasteiger partial charge in [-0.3, -0.25) is 14.7 Å². The van der Waals surface area contributed by atoms with Crippen LogP contribution in [0.3, 0.4) is 0 Å². The van der Waals surface area contributed by atoms with E-state index < -0.39 is 0 Å². The fourth-order valence-electron chi connectivity index (χ4n) is 3.36. The molecule has 3 heterocycles. The minimum Gasteiger partial charge on any atom is -0.338 e. The molecule has 1 N–H and O–H groups in total. The molecule has 4 rings (SSSR count). The molecule has 1 fully saturated rings. The second-order valence-electron chi connectivity index (χ2n) is 6.80. The molecule has 7 nitrogen and oxygen atoms in total. The molecule has 1 aromatic carbocycles. The molecule has 0 aliphatic carbocycles. The molecule has 144 valence electrons. The second kappa shape index (κ2) is 8.50. The van der Waals surface area contributed by atoms with Crippen LogP contribution in [0.1, 0.15) is 18.7 Å². The highest BCUT2D eigenvalue weighted by molar-refractivity contribution is 6.33. The maximum atomic E-state index is 12.6. The van der Waals surface area contributed by atoms with Gasteiger partial charge in [-0.1, -0.05) is 28.9 Å². The molecule has 28 heavy (non-hydrogen) atoms. The predicted molar refractivity (Wildman–Crippen MR) is 106 cm³/mol. The van der Waals surface area contributed by atoms with Crippen LogP contribution in [0.15, 0.2) is 53.3 Å².